The van der Waals surface area contributed by atoms with Crippen LogP contribution in [0.5, 0.6) is 0 Å². The molecule has 1 aliphatic carbocycles. The molecule has 2 aromatic carbocycles. The van der Waals surface area contributed by atoms with Gasteiger partial charge in [0.1, 0.15) is 6.04 Å². The zero-order valence-corrected chi connectivity index (χ0v) is 22.0. The van der Waals surface area contributed by atoms with Crippen molar-refractivity contribution < 1.29 is 14.3 Å². The lowest BCUT2D eigenvalue weighted by Crippen LogP contribution is -2.56. The number of benzene rings is 2. The molecule has 1 unspecified atom stereocenters. The Balaban J connectivity index is 0.00000228. The van der Waals surface area contributed by atoms with Gasteiger partial charge in [0, 0.05) is 6.20 Å². The second-order valence-electron chi connectivity index (χ2n) is 9.20. The summed E-state index contributed by atoms with van der Waals surface area (Å²) in [6.07, 6.45) is 5.55. The van der Waals surface area contributed by atoms with Crippen LogP contribution >= 0.6 is 24.8 Å². The van der Waals surface area contributed by atoms with Crippen LogP contribution in [-0.4, -0.2) is 39.6 Å². The Morgan fingerprint density at radius 3 is 2.56 bits per heavy atom. The first-order valence-corrected chi connectivity index (χ1v) is 11.4. The molecule has 0 aliphatic heterocycles. The maximum Gasteiger partial charge on any atom is 0.250 e. The summed E-state index contributed by atoms with van der Waals surface area (Å²) >= 11 is 0. The van der Waals surface area contributed by atoms with Gasteiger partial charge >= 0.3 is 0 Å². The maximum atomic E-state index is 13.1. The number of nitrogens with zero attached hydrogens (tertiary/aromatic N) is 2. The number of halogens is 2. The summed E-state index contributed by atoms with van der Waals surface area (Å²) in [5.41, 5.74) is 8.38. The number of hydrogen-bond acceptors (Lipinski definition) is 5. The van der Waals surface area contributed by atoms with Crippen molar-refractivity contribution in [3.63, 3.8) is 0 Å². The number of aryl methyl sites for hydroxylation is 1. The van der Waals surface area contributed by atoms with E-state index >= 15 is 0 Å². The fourth-order valence-electron chi connectivity index (χ4n) is 4.03. The number of aromatic nitrogens is 2. The van der Waals surface area contributed by atoms with Gasteiger partial charge in [-0.25, -0.2) is 4.98 Å². The van der Waals surface area contributed by atoms with E-state index in [9.17, 15) is 9.59 Å². The predicted molar refractivity (Wildman–Crippen MR) is 145 cm³/mol. The minimum absolute atomic E-state index is 0. The summed E-state index contributed by atoms with van der Waals surface area (Å²) in [7, 11) is 0. The minimum Gasteiger partial charge on any atom is -0.374 e. The van der Waals surface area contributed by atoms with E-state index in [1.54, 1.807) is 20.2 Å². The second kappa shape index (κ2) is 12.9. The monoisotopic (exact) mass is 533 g/mol. The number of rotatable bonds is 9. The SMILES string of the molecule is CC(C)(N)C(=O)N[C@H](COCc1ccccc1)C(=O)Nc1cn(C2CCc3ccccc32)cn1.Cl.Cl. The van der Waals surface area contributed by atoms with Gasteiger partial charge in [0.15, 0.2) is 5.82 Å². The number of imidazole rings is 1. The van der Waals surface area contributed by atoms with Gasteiger partial charge in [0.05, 0.1) is 31.1 Å². The smallest absolute Gasteiger partial charge is 0.250 e. The number of amides is 2. The lowest BCUT2D eigenvalue weighted by Gasteiger charge is -2.23. The molecule has 194 valence electrons. The Hall–Kier alpha value is -2.91. The van der Waals surface area contributed by atoms with E-state index in [0.717, 1.165) is 18.4 Å². The van der Waals surface area contributed by atoms with E-state index < -0.39 is 23.4 Å². The van der Waals surface area contributed by atoms with Gasteiger partial charge in [-0.05, 0) is 43.4 Å². The van der Waals surface area contributed by atoms with E-state index in [1.807, 2.05) is 47.2 Å². The van der Waals surface area contributed by atoms with Crippen LogP contribution in [0.25, 0.3) is 0 Å². The summed E-state index contributed by atoms with van der Waals surface area (Å²) in [6.45, 7) is 3.49. The van der Waals surface area contributed by atoms with E-state index in [1.165, 1.54) is 11.1 Å². The van der Waals surface area contributed by atoms with Gasteiger partial charge in [-0.1, -0.05) is 54.6 Å². The van der Waals surface area contributed by atoms with Crippen LogP contribution < -0.4 is 16.4 Å². The van der Waals surface area contributed by atoms with Crippen molar-refractivity contribution in [3.05, 3.63) is 83.8 Å². The Morgan fingerprint density at radius 1 is 1.14 bits per heavy atom. The summed E-state index contributed by atoms with van der Waals surface area (Å²) in [5, 5.41) is 5.51. The highest BCUT2D eigenvalue weighted by atomic mass is 35.5. The molecule has 1 aromatic heterocycles. The molecular weight excluding hydrogens is 501 g/mol. The number of carbonyl (C=O) groups excluding carboxylic acids is 2. The van der Waals surface area contributed by atoms with E-state index in [0.29, 0.717) is 12.4 Å². The first-order chi connectivity index (χ1) is 16.3. The highest BCUT2D eigenvalue weighted by Crippen LogP contribution is 2.34. The average Bonchev–Trinajstić information content (AvgIpc) is 3.45. The van der Waals surface area contributed by atoms with Crippen LogP contribution in [0.3, 0.4) is 0 Å². The molecule has 3 aromatic rings. The Kier molecular flexibility index (Phi) is 10.5. The third-order valence-corrected chi connectivity index (χ3v) is 5.92. The van der Waals surface area contributed by atoms with E-state index in [4.69, 9.17) is 10.5 Å². The number of anilines is 1. The van der Waals surface area contributed by atoms with E-state index in [-0.39, 0.29) is 37.5 Å². The summed E-state index contributed by atoms with van der Waals surface area (Å²) in [4.78, 5) is 29.9. The Morgan fingerprint density at radius 2 is 1.83 bits per heavy atom. The third kappa shape index (κ3) is 7.30. The lowest BCUT2D eigenvalue weighted by atomic mass is 10.1. The van der Waals surface area contributed by atoms with Crippen molar-refractivity contribution in [2.75, 3.05) is 11.9 Å². The Labute approximate surface area is 223 Å². The van der Waals surface area contributed by atoms with Gasteiger partial charge in [-0.15, -0.1) is 24.8 Å². The predicted octanol–water partition coefficient (Wildman–Crippen LogP) is 3.64. The fraction of sp³-hybridized carbons (Fsp3) is 0.346. The molecule has 0 saturated heterocycles. The van der Waals surface area contributed by atoms with Crippen molar-refractivity contribution in [1.29, 1.82) is 0 Å². The van der Waals surface area contributed by atoms with Crippen molar-refractivity contribution in [2.45, 2.75) is 50.9 Å². The standard InChI is InChI=1S/C26H31N5O3.2ClH/c1-26(2,27)25(33)29-21(16-34-15-18-8-4-3-5-9-18)24(32)30-23-14-31(17-28-23)22-13-12-19-10-6-7-11-20(19)22;;/h3-11,14,17,21-22H,12-13,15-16,27H2,1-2H3,(H,29,33)(H,30,32);2*1H/t21-,22?;;/m1../s1. The van der Waals surface area contributed by atoms with E-state index in [2.05, 4.69) is 33.8 Å². The van der Waals surface area contributed by atoms with Crippen LogP contribution in [0, 0.1) is 0 Å². The molecule has 2 amide bonds. The topological polar surface area (TPSA) is 111 Å². The summed E-state index contributed by atoms with van der Waals surface area (Å²) in [5.74, 6) is -0.435. The molecule has 0 fully saturated rings. The highest BCUT2D eigenvalue weighted by Gasteiger charge is 2.29. The first-order valence-electron chi connectivity index (χ1n) is 11.4. The van der Waals surface area contributed by atoms with Gasteiger partial charge in [-0.3, -0.25) is 9.59 Å². The molecular formula is C26H33Cl2N5O3. The molecule has 36 heavy (non-hydrogen) atoms. The average molecular weight is 534 g/mol. The first kappa shape index (κ1) is 29.3. The second-order valence-corrected chi connectivity index (χ2v) is 9.20. The zero-order valence-electron chi connectivity index (χ0n) is 20.3. The molecule has 10 heteroatoms. The molecule has 8 nitrogen and oxygen atoms in total. The minimum atomic E-state index is -1.13. The molecule has 4 N–H and O–H groups in total. The quantitative estimate of drug-likeness (QED) is 0.388. The summed E-state index contributed by atoms with van der Waals surface area (Å²) in [6, 6.07) is 17.3. The molecule has 0 spiro atoms. The highest BCUT2D eigenvalue weighted by molar-refractivity contribution is 5.98. The van der Waals surface area contributed by atoms with Crippen molar-refractivity contribution in [2.24, 2.45) is 5.73 Å². The molecule has 1 aliphatic rings. The fourth-order valence-corrected chi connectivity index (χ4v) is 4.03. The zero-order chi connectivity index (χ0) is 24.1. The molecule has 0 radical (unpaired) electrons. The van der Waals surface area contributed by atoms with Crippen molar-refractivity contribution >= 4 is 42.4 Å². The molecule has 1 heterocycles. The van der Waals surface area contributed by atoms with Gasteiger partial charge < -0.3 is 25.7 Å². The number of nitrogens with one attached hydrogen (secondary N) is 2. The molecule has 0 saturated carbocycles. The van der Waals surface area contributed by atoms with Crippen LogP contribution in [0.1, 0.15) is 43.0 Å². The van der Waals surface area contributed by atoms with Gasteiger partial charge in [0.2, 0.25) is 5.91 Å². The van der Waals surface area contributed by atoms with Crippen LogP contribution in [0.15, 0.2) is 67.1 Å². The third-order valence-electron chi connectivity index (χ3n) is 5.92. The molecule has 4 rings (SSSR count). The largest absolute Gasteiger partial charge is 0.374 e. The van der Waals surface area contributed by atoms with Gasteiger partial charge in [-0.2, -0.15) is 0 Å². The van der Waals surface area contributed by atoms with Crippen LogP contribution in [-0.2, 0) is 27.4 Å². The number of carbonyl (C=O) groups is 2. The number of hydrogen-bond donors (Lipinski definition) is 3. The van der Waals surface area contributed by atoms with Gasteiger partial charge in [0.25, 0.3) is 5.91 Å². The van der Waals surface area contributed by atoms with Crippen molar-refractivity contribution in [3.8, 4) is 0 Å². The van der Waals surface area contributed by atoms with Crippen LogP contribution in [0.2, 0.25) is 0 Å². The van der Waals surface area contributed by atoms with Crippen LogP contribution in [0.4, 0.5) is 5.82 Å². The molecule has 0 bridgehead atoms. The Bertz CT molecular complexity index is 1150. The number of nitrogens with two attached hydrogens (primary N) is 1. The number of fused-ring (bicyclic) bond motifs is 1. The molecule has 2 atom stereocenters. The van der Waals surface area contributed by atoms with Crippen molar-refractivity contribution in [1.82, 2.24) is 14.9 Å². The maximum absolute atomic E-state index is 13.1. The normalized spacial score (nSPS) is 15.1. The summed E-state index contributed by atoms with van der Waals surface area (Å²) < 4.78 is 7.76. The lowest BCUT2D eigenvalue weighted by molar-refractivity contribution is -0.130. The number of ether oxygens (including phenoxy) is 1.